The minimum atomic E-state index is -5.01. The summed E-state index contributed by atoms with van der Waals surface area (Å²) in [7, 11) is -10.0. The molecule has 104 heavy (non-hydrogen) atoms. The maximum Gasteiger partial charge on any atom is 0.472 e. The lowest BCUT2D eigenvalue weighted by molar-refractivity contribution is -0.161. The molecule has 0 saturated heterocycles. The van der Waals surface area contributed by atoms with Crippen molar-refractivity contribution in [1.82, 2.24) is 0 Å². The molecule has 0 aromatic carbocycles. The van der Waals surface area contributed by atoms with Crippen molar-refractivity contribution in [1.29, 1.82) is 0 Å². The Hall–Kier alpha value is -5.58. The van der Waals surface area contributed by atoms with Gasteiger partial charge >= 0.3 is 39.5 Å². The zero-order valence-corrected chi connectivity index (χ0v) is 66.2. The highest BCUT2D eigenvalue weighted by Gasteiger charge is 2.30. The lowest BCUT2D eigenvalue weighted by atomic mass is 10.1. The van der Waals surface area contributed by atoms with Crippen LogP contribution in [0, 0.1) is 0 Å². The molecule has 0 amide bonds. The Labute approximate surface area is 629 Å². The zero-order valence-electron chi connectivity index (χ0n) is 64.4. The fraction of sp³-hybridized carbons (Fsp3) is 0.624. The highest BCUT2D eigenvalue weighted by Crippen LogP contribution is 2.45. The summed E-state index contributed by atoms with van der Waals surface area (Å²) >= 11 is 0. The van der Waals surface area contributed by atoms with Crippen LogP contribution in [0.4, 0.5) is 0 Å². The summed E-state index contributed by atoms with van der Waals surface area (Å²) in [6.07, 6.45) is 89.3. The van der Waals surface area contributed by atoms with E-state index in [-0.39, 0.29) is 25.7 Å². The van der Waals surface area contributed by atoms with Crippen molar-refractivity contribution in [3.63, 3.8) is 0 Å². The number of unbranched alkanes of at least 4 members (excludes halogenated alkanes) is 18. The van der Waals surface area contributed by atoms with Gasteiger partial charge in [-0.25, -0.2) is 9.13 Å². The molecule has 5 atom stereocenters. The number of phosphoric ester groups is 2. The first-order valence-corrected chi connectivity index (χ1v) is 42.4. The van der Waals surface area contributed by atoms with E-state index in [0.29, 0.717) is 32.1 Å². The van der Waals surface area contributed by atoms with E-state index in [2.05, 4.69) is 180 Å². The molecular formula is C85H138O17P2. The van der Waals surface area contributed by atoms with Crippen LogP contribution in [-0.4, -0.2) is 96.7 Å². The largest absolute Gasteiger partial charge is 0.472 e. The molecule has 0 aliphatic rings. The van der Waals surface area contributed by atoms with Gasteiger partial charge in [0.25, 0.3) is 0 Å². The monoisotopic (exact) mass is 1490 g/mol. The van der Waals surface area contributed by atoms with Gasteiger partial charge in [-0.3, -0.25) is 37.3 Å². The summed E-state index contributed by atoms with van der Waals surface area (Å²) in [5.41, 5.74) is 0. The van der Waals surface area contributed by atoms with Gasteiger partial charge in [0, 0.05) is 25.7 Å². The molecule has 0 aromatic rings. The molecule has 590 valence electrons. The van der Waals surface area contributed by atoms with Gasteiger partial charge in [0.15, 0.2) is 12.2 Å². The quantitative estimate of drug-likeness (QED) is 0.0169. The maximum absolute atomic E-state index is 13.1. The molecule has 0 fully saturated rings. The predicted octanol–water partition coefficient (Wildman–Crippen LogP) is 23.0. The van der Waals surface area contributed by atoms with Gasteiger partial charge in [0.05, 0.1) is 26.4 Å². The van der Waals surface area contributed by atoms with Crippen LogP contribution in [0.2, 0.25) is 0 Å². The Kier molecular flexibility index (Phi) is 71.6. The van der Waals surface area contributed by atoms with Crippen molar-refractivity contribution in [2.45, 2.75) is 303 Å². The minimum Gasteiger partial charge on any atom is -0.462 e. The van der Waals surface area contributed by atoms with Gasteiger partial charge in [-0.05, 0) is 161 Å². The molecule has 0 heterocycles. The molecule has 0 rings (SSSR count). The van der Waals surface area contributed by atoms with Crippen LogP contribution in [0.5, 0.6) is 0 Å². The number of rotatable bonds is 72. The first-order valence-electron chi connectivity index (χ1n) is 39.4. The smallest absolute Gasteiger partial charge is 0.462 e. The van der Waals surface area contributed by atoms with Crippen molar-refractivity contribution in [2.75, 3.05) is 39.6 Å². The third kappa shape index (κ3) is 74.7. The molecular weight excluding hydrogens is 1350 g/mol. The SMILES string of the molecule is CC/C=C\C/C=C\C/C=C\C/C=C\C/C=C\C/C=C\CCC(=O)OCC(COP(=O)(O)OCC(O)COP(=O)(O)OCC(COC(=O)CCCC/C=C\C/C=C\C/C=C\C/C=C\CC)OC(=O)CCCCCCC/C=C\C/C=C\C/C=C\CC)OC(=O)CCCCCCC/C=C\CCCCCCCC. The number of hydrogen-bond donors (Lipinski definition) is 3. The Bertz CT molecular complexity index is 2640. The average Bonchev–Trinajstić information content (AvgIpc) is 0.918. The number of ether oxygens (including phenoxy) is 4. The molecule has 0 aromatic heterocycles. The van der Waals surface area contributed by atoms with E-state index in [1.165, 1.54) is 38.5 Å². The fourth-order valence-corrected chi connectivity index (χ4v) is 11.4. The van der Waals surface area contributed by atoms with Gasteiger partial charge in [0.2, 0.25) is 0 Å². The molecule has 0 spiro atoms. The topological polar surface area (TPSA) is 237 Å². The van der Waals surface area contributed by atoms with E-state index in [1.807, 2.05) is 18.2 Å². The second kappa shape index (κ2) is 75.6. The Morgan fingerprint density at radius 1 is 0.279 bits per heavy atom. The van der Waals surface area contributed by atoms with Crippen LogP contribution in [0.25, 0.3) is 0 Å². The Balaban J connectivity index is 5.49. The molecule has 0 aliphatic carbocycles. The van der Waals surface area contributed by atoms with Gasteiger partial charge in [-0.1, -0.05) is 268 Å². The van der Waals surface area contributed by atoms with Crippen LogP contribution >= 0.6 is 15.6 Å². The van der Waals surface area contributed by atoms with Crippen LogP contribution in [0.15, 0.2) is 170 Å². The number of esters is 4. The van der Waals surface area contributed by atoms with E-state index in [9.17, 15) is 43.2 Å². The number of carbonyl (C=O) groups excluding carboxylic acids is 4. The number of carbonyl (C=O) groups is 4. The number of hydrogen-bond acceptors (Lipinski definition) is 15. The molecule has 19 heteroatoms. The van der Waals surface area contributed by atoms with Gasteiger partial charge in [-0.15, -0.1) is 0 Å². The zero-order chi connectivity index (χ0) is 76.0. The number of allylic oxidation sites excluding steroid dienone is 28. The summed E-state index contributed by atoms with van der Waals surface area (Å²) in [4.78, 5) is 73.0. The van der Waals surface area contributed by atoms with Crippen molar-refractivity contribution in [3.05, 3.63) is 170 Å². The maximum atomic E-state index is 13.1. The van der Waals surface area contributed by atoms with Crippen molar-refractivity contribution in [3.8, 4) is 0 Å². The first kappa shape index (κ1) is 98.4. The average molecular weight is 1490 g/mol. The van der Waals surface area contributed by atoms with Gasteiger partial charge in [-0.2, -0.15) is 0 Å². The van der Waals surface area contributed by atoms with Crippen molar-refractivity contribution < 1.29 is 80.2 Å². The van der Waals surface area contributed by atoms with Crippen LogP contribution in [-0.2, 0) is 65.4 Å². The third-order valence-electron chi connectivity index (χ3n) is 15.7. The Morgan fingerprint density at radius 3 is 0.856 bits per heavy atom. The van der Waals surface area contributed by atoms with Gasteiger partial charge < -0.3 is 33.8 Å². The summed E-state index contributed by atoms with van der Waals surface area (Å²) in [5, 5.41) is 10.6. The summed E-state index contributed by atoms with van der Waals surface area (Å²) in [5.74, 6) is -2.36. The summed E-state index contributed by atoms with van der Waals surface area (Å²) in [6, 6.07) is 0. The predicted molar refractivity (Wildman–Crippen MR) is 426 cm³/mol. The van der Waals surface area contributed by atoms with Crippen molar-refractivity contribution in [2.24, 2.45) is 0 Å². The summed E-state index contributed by atoms with van der Waals surface area (Å²) in [6.45, 7) is 4.35. The van der Waals surface area contributed by atoms with Crippen LogP contribution in [0.1, 0.15) is 285 Å². The number of phosphoric acid groups is 2. The summed E-state index contributed by atoms with van der Waals surface area (Å²) < 4.78 is 68.4. The van der Waals surface area contributed by atoms with E-state index in [4.69, 9.17) is 37.0 Å². The molecule has 17 nitrogen and oxygen atoms in total. The fourth-order valence-electron chi connectivity index (χ4n) is 9.77. The second-order valence-electron chi connectivity index (χ2n) is 25.5. The number of aliphatic hydroxyl groups excluding tert-OH is 1. The molecule has 3 N–H and O–H groups in total. The standard InChI is InChI=1S/C85H138O17P2/c1-5-9-13-17-21-25-29-33-37-38-39-40-44-46-50-54-58-62-66-70-83(88)96-76-81(102-85(90)72-68-64-60-56-52-48-43-36-32-28-24-20-16-12-8-4)78-100-104(93,94)98-74-79(86)73-97-103(91,92)99-77-80(101-84(89)71-67-63-59-55-51-47-42-35-31-27-23-19-15-11-7-3)75-95-82(87)69-65-61-57-53-49-45-41-34-30-26-22-18-14-10-6-2/h9-11,13-15,21-23,25-27,33-37,39-43,46,49-50,53,58,62,79-81,86H,5-8,12,16-20,24,28-32,38,44-45,47-48,51-52,54-57,59-61,63-78H2,1-4H3,(H,91,92)(H,93,94)/b13-9-,14-10-,15-11-,25-21-,26-22-,27-23-,37-33-,40-39-,41-34-,42-35-,43-36-,50-46-,53-49-,62-58-. The van der Waals surface area contributed by atoms with E-state index < -0.39 is 97.5 Å². The molecule has 5 unspecified atom stereocenters. The molecule has 0 bridgehead atoms. The molecule has 0 radical (unpaired) electrons. The van der Waals surface area contributed by atoms with Gasteiger partial charge in [0.1, 0.15) is 19.3 Å². The lowest BCUT2D eigenvalue weighted by Gasteiger charge is -2.21. The highest BCUT2D eigenvalue weighted by atomic mass is 31.2. The van der Waals surface area contributed by atoms with Crippen molar-refractivity contribution >= 4 is 39.5 Å². The van der Waals surface area contributed by atoms with E-state index in [0.717, 1.165) is 161 Å². The second-order valence-corrected chi connectivity index (χ2v) is 28.4. The minimum absolute atomic E-state index is 0.0285. The lowest BCUT2D eigenvalue weighted by Crippen LogP contribution is -2.30. The highest BCUT2D eigenvalue weighted by molar-refractivity contribution is 7.47. The van der Waals surface area contributed by atoms with Crippen LogP contribution < -0.4 is 0 Å². The normalized spacial score (nSPS) is 14.8. The van der Waals surface area contributed by atoms with E-state index in [1.54, 1.807) is 0 Å². The molecule has 0 saturated carbocycles. The van der Waals surface area contributed by atoms with E-state index >= 15 is 0 Å². The first-order chi connectivity index (χ1) is 50.7. The number of aliphatic hydroxyl groups is 1. The third-order valence-corrected chi connectivity index (χ3v) is 17.6. The van der Waals surface area contributed by atoms with Crippen LogP contribution in [0.3, 0.4) is 0 Å². The molecule has 0 aliphatic heterocycles. The Morgan fingerprint density at radius 2 is 0.519 bits per heavy atom.